The van der Waals surface area contributed by atoms with Crippen LogP contribution in [0.3, 0.4) is 0 Å². The van der Waals surface area contributed by atoms with Crippen molar-refractivity contribution in [3.63, 3.8) is 0 Å². The topological polar surface area (TPSA) is 408 Å². The van der Waals surface area contributed by atoms with Crippen molar-refractivity contribution in [3.8, 4) is 0 Å². The number of imide groups is 2. The number of Topliss-reactive ketones (excluding diaryl/α,β-unsaturated/α-hetero) is 2. The van der Waals surface area contributed by atoms with Crippen LogP contribution in [0.2, 0.25) is 0 Å². The standard InChI is InChI=1S/C22H25N3O4.C22H24N2O5.C15H21NS.C8H6O2.C5H13N.C3H9N.2C3H6O.2C2H5NO.C2H6S.2CH4.2K.2H/c26-19-7-8-20(27)25(19)13-15-1-4-16(5-2-15)21(28)23-10-9-14-3-6-18-17(11-14)12-24-22(18)29;25-13-18-6-1-15(11-19(18)14-26)9-10-23-22(29)17-4-2-16(3-5-17)12-24-20(27)7-8-21(24)28;1-3-5-8-11-16-12-13-9-6-7-10-14(13)15(16)17-4-2;9-5-7-3-1-2-4-8(7)6-10;1-2-3-4-5-6;1-2-3-4;2*1-3(2)4;2*1-2(3)4;1-2-3;;;;;;/h3,6-8,11,15-16H,1-2,4-5,9-10,12-13H2,(H,23,28)(H,24,29);1,6-8,11,13-14,16-17H,2-5,9-10,12H2,(H,23,29);6-7,9-10,12H,3-5,8,11H2,1-2H3;1-6H;2-6H2,1H3;2-4H2,1H3;2*1-2H3;2*1H3,(H2,3,4);3H,2H2,1H3;2*1H4;;;;/q;;;;;;;;;;;;;2*+1;2*-1. The van der Waals surface area contributed by atoms with E-state index in [0.717, 1.165) is 118 Å². The molecule has 11 N–H and O–H groups in total. The van der Waals surface area contributed by atoms with Crippen LogP contribution in [0.15, 0.2) is 120 Å². The van der Waals surface area contributed by atoms with E-state index in [1.165, 1.54) is 130 Å². The number of ketones is 2. The summed E-state index contributed by atoms with van der Waals surface area (Å²) in [6.07, 6.45) is 26.6. The molecule has 2 fully saturated rings. The Kier molecular flexibility index (Phi) is 74.4. The molecule has 0 atom stereocenters. The summed E-state index contributed by atoms with van der Waals surface area (Å²) >= 11 is 5.75. The summed E-state index contributed by atoms with van der Waals surface area (Å²) in [7, 11) is 0. The summed E-state index contributed by atoms with van der Waals surface area (Å²) in [5.41, 5.74) is 24.5. The Morgan fingerprint density at radius 2 is 0.898 bits per heavy atom. The molecule has 4 aromatic carbocycles. The molecule has 2 saturated carbocycles. The molecular weight excluding hydrogens is 1590 g/mol. The number of hydrogen-bond acceptors (Lipinski definition) is 19. The Morgan fingerprint density at radius 1 is 0.525 bits per heavy atom. The van der Waals surface area contributed by atoms with Crippen molar-refractivity contribution in [2.75, 3.05) is 50.8 Å². The molecule has 10 rings (SSSR count). The number of nitrogens with one attached hydrogen (secondary N) is 3. The van der Waals surface area contributed by atoms with Gasteiger partial charge in [0.25, 0.3) is 29.5 Å². The molecule has 2 aliphatic carbocycles. The number of rotatable bonds is 26. The monoisotopic (exact) mass is 1730 g/mol. The van der Waals surface area contributed by atoms with Crippen LogP contribution in [-0.2, 0) is 73.9 Å². The van der Waals surface area contributed by atoms with Gasteiger partial charge < -0.3 is 55.9 Å². The second-order valence-corrected chi connectivity index (χ2v) is 29.4. The van der Waals surface area contributed by atoms with E-state index in [2.05, 4.69) is 103 Å². The van der Waals surface area contributed by atoms with Gasteiger partial charge in [0.1, 0.15) is 11.6 Å². The summed E-state index contributed by atoms with van der Waals surface area (Å²) in [6, 6.07) is 26.3. The van der Waals surface area contributed by atoms with Crippen LogP contribution in [0, 0.1) is 23.7 Å². The number of aryl methyl sites for hydroxylation is 1. The molecule has 4 heterocycles. The molecule has 25 nitrogen and oxygen atoms in total. The smallest absolute Gasteiger partial charge is 1.00 e. The first-order valence-electron chi connectivity index (χ1n) is 39.2. The summed E-state index contributed by atoms with van der Waals surface area (Å²) in [4.78, 5) is 165. The maximum atomic E-state index is 12.5. The van der Waals surface area contributed by atoms with Crippen molar-refractivity contribution in [2.24, 2.45) is 46.6 Å². The summed E-state index contributed by atoms with van der Waals surface area (Å²) in [5, 5.41) is 13.0. The van der Waals surface area contributed by atoms with Gasteiger partial charge in [0.15, 0.2) is 25.1 Å². The predicted molar refractivity (Wildman–Crippen MR) is 472 cm³/mol. The SMILES string of the molecule is C.C.CC(C)=O.CC(C)=O.CC(N)=O.CC(N)=O.CCCCCN.CCCCCn1cc2ccccc2c1SCC.CCCN.CCS.O=C1NCc2cc(CCNC(=O)C3CCC(CN4C(=O)C=CC4=O)CC3)ccc21.O=Cc1ccc(CCNC(=O)C2CCC(CN3C(=O)C=CC3=O)CC2)cc1C=O.O=Cc1ccccc1C=O.[H-].[H-].[K+].[K+]. The van der Waals surface area contributed by atoms with Gasteiger partial charge in [0.05, 0.1) is 5.03 Å². The number of nitrogens with two attached hydrogens (primary N) is 4. The third-order valence-electron chi connectivity index (χ3n) is 17.2. The molecule has 9 amide bonds. The second kappa shape index (κ2) is 73.2. The van der Waals surface area contributed by atoms with Crippen molar-refractivity contribution < 1.29 is 178 Å². The van der Waals surface area contributed by atoms with Crippen LogP contribution in [-0.4, -0.2) is 155 Å². The van der Waals surface area contributed by atoms with Gasteiger partial charge in [-0.1, -0.05) is 148 Å². The molecule has 29 heteroatoms. The molecule has 3 aliphatic heterocycles. The zero-order chi connectivity index (χ0) is 85.9. The van der Waals surface area contributed by atoms with E-state index in [1.807, 2.05) is 36.9 Å². The first-order chi connectivity index (χ1) is 54.4. The Bertz CT molecular complexity index is 3790. The molecule has 0 saturated heterocycles. The van der Waals surface area contributed by atoms with Gasteiger partial charge in [-0.05, 0) is 176 Å². The molecule has 0 radical (unpaired) electrons. The number of thioether (sulfide) groups is 1. The van der Waals surface area contributed by atoms with Crippen molar-refractivity contribution in [2.45, 2.75) is 218 Å². The fraction of sp³-hybridized carbons (Fsp3) is 0.494. The van der Waals surface area contributed by atoms with Crippen LogP contribution in [0.1, 0.15) is 259 Å². The van der Waals surface area contributed by atoms with E-state index in [-0.39, 0.29) is 209 Å². The van der Waals surface area contributed by atoms with E-state index < -0.39 is 0 Å². The third-order valence-corrected chi connectivity index (χ3v) is 18.2. The summed E-state index contributed by atoms with van der Waals surface area (Å²) in [6.45, 7) is 24.7. The number of amides is 9. The molecule has 0 bridgehead atoms. The molecule has 0 spiro atoms. The largest absolute Gasteiger partial charge is 1.00 e. The Labute approximate surface area is 799 Å². The normalized spacial score (nSPS) is 15.1. The van der Waals surface area contributed by atoms with Crippen LogP contribution in [0.5, 0.6) is 0 Å². The minimum Gasteiger partial charge on any atom is -1.00 e. The molecule has 1 aromatic heterocycles. The number of nitrogens with zero attached hydrogens (tertiary/aromatic N) is 3. The predicted octanol–water partition coefficient (Wildman–Crippen LogP) is 7.38. The number of hydrogen-bond donors (Lipinski definition) is 8. The number of primary amides is 2. The van der Waals surface area contributed by atoms with Gasteiger partial charge in [-0.3, -0.25) is 72.1 Å². The van der Waals surface area contributed by atoms with Crippen molar-refractivity contribution in [1.82, 2.24) is 30.3 Å². The number of carbonyl (C=O) groups excluding carboxylic acids is 15. The average Bonchev–Trinajstić information content (AvgIpc) is 1.66. The number of benzene rings is 4. The van der Waals surface area contributed by atoms with Crippen LogP contribution in [0.25, 0.3) is 10.8 Å². The first-order valence-corrected chi connectivity index (χ1v) is 40.8. The summed E-state index contributed by atoms with van der Waals surface area (Å²) < 4.78 is 2.44. The average molecular weight is 1730 g/mol. The Morgan fingerprint density at radius 3 is 1.27 bits per heavy atom. The van der Waals surface area contributed by atoms with Gasteiger partial charge in [-0.25, -0.2) is 0 Å². The van der Waals surface area contributed by atoms with Gasteiger partial charge in [-0.2, -0.15) is 12.6 Å². The minimum absolute atomic E-state index is 0. The number of aldehydes is 4. The van der Waals surface area contributed by atoms with Crippen LogP contribution >= 0.6 is 24.4 Å². The fourth-order valence-electron chi connectivity index (χ4n) is 11.6. The maximum Gasteiger partial charge on any atom is 1.00 e. The third kappa shape index (κ3) is 52.6. The van der Waals surface area contributed by atoms with Crippen molar-refractivity contribution in [3.05, 3.63) is 160 Å². The van der Waals surface area contributed by atoms with E-state index in [1.54, 1.807) is 42.5 Å². The van der Waals surface area contributed by atoms with Crippen LogP contribution < -0.4 is 142 Å². The second-order valence-electron chi connectivity index (χ2n) is 27.5. The molecule has 5 aromatic rings. The molecule has 0 unspecified atom stereocenters. The summed E-state index contributed by atoms with van der Waals surface area (Å²) in [5.74, 6) is 1.29. The van der Waals surface area contributed by atoms with Gasteiger partial charge in [0.2, 0.25) is 23.6 Å². The zero-order valence-corrected chi connectivity index (χ0v) is 78.8. The van der Waals surface area contributed by atoms with Gasteiger partial charge in [-0.15, -0.1) is 11.8 Å². The number of fused-ring (bicyclic) bond motifs is 2. The van der Waals surface area contributed by atoms with Crippen molar-refractivity contribution >= 4 is 125 Å². The van der Waals surface area contributed by atoms with Gasteiger partial charge in [0, 0.05) is 134 Å². The molecule has 118 heavy (non-hydrogen) atoms. The van der Waals surface area contributed by atoms with E-state index >= 15 is 0 Å². The Balaban J connectivity index is -0.000000260. The van der Waals surface area contributed by atoms with E-state index in [0.29, 0.717) is 86.5 Å². The number of unbranched alkanes of at least 4 members (excludes halogenated alkanes) is 4. The first kappa shape index (κ1) is 120. The van der Waals surface area contributed by atoms with E-state index in [9.17, 15) is 71.9 Å². The minimum atomic E-state index is -0.333. The van der Waals surface area contributed by atoms with Crippen molar-refractivity contribution in [1.29, 1.82) is 0 Å². The van der Waals surface area contributed by atoms with Crippen LogP contribution in [0.4, 0.5) is 0 Å². The van der Waals surface area contributed by atoms with E-state index in [4.69, 9.17) is 11.5 Å². The van der Waals surface area contributed by atoms with Gasteiger partial charge >= 0.3 is 103 Å². The molecular formula is C89H136K2N10O15S2. The molecule has 646 valence electrons. The number of aromatic nitrogens is 1. The quantitative estimate of drug-likeness (QED) is 0.00668. The zero-order valence-electron chi connectivity index (χ0n) is 72.8. The number of thiol groups is 1. The maximum absolute atomic E-state index is 12.5. The molecule has 5 aliphatic rings. The fourth-order valence-corrected chi connectivity index (χ4v) is 12.6. The Hall–Kier alpha value is -6.56. The number of carbonyl (C=O) groups is 15.